The van der Waals surface area contributed by atoms with Crippen molar-refractivity contribution in [3.8, 4) is 17.2 Å². The van der Waals surface area contributed by atoms with Crippen LogP contribution in [0.5, 0.6) is 17.2 Å². The molecule has 0 aliphatic heterocycles. The van der Waals surface area contributed by atoms with E-state index in [1.54, 1.807) is 31.4 Å². The average Bonchev–Trinajstić information content (AvgIpc) is 2.69. The maximum Gasteiger partial charge on any atom is 0.255 e. The van der Waals surface area contributed by atoms with Gasteiger partial charge >= 0.3 is 0 Å². The van der Waals surface area contributed by atoms with Gasteiger partial charge in [-0.2, -0.15) is 0 Å². The van der Waals surface area contributed by atoms with E-state index in [9.17, 15) is 4.79 Å². The molecule has 0 aliphatic carbocycles. The molecular formula is C22H21NO3. The standard InChI is InChI=1S/C22H21NO3/c1-3-16-6-4-5-7-21(16)23-22(24)17-8-10-19(11-9-17)26-20-14-12-18(25-2)13-15-20/h4-15H,3H2,1-2H3,(H,23,24). The Morgan fingerprint density at radius 1 is 0.846 bits per heavy atom. The molecule has 0 fully saturated rings. The van der Waals surface area contributed by atoms with E-state index in [1.165, 1.54) is 0 Å². The predicted molar refractivity (Wildman–Crippen MR) is 103 cm³/mol. The van der Waals surface area contributed by atoms with Crippen LogP contribution in [0, 0.1) is 0 Å². The molecule has 132 valence electrons. The second kappa shape index (κ2) is 8.21. The second-order valence-electron chi connectivity index (χ2n) is 5.77. The van der Waals surface area contributed by atoms with Crippen molar-refractivity contribution >= 4 is 11.6 Å². The van der Waals surface area contributed by atoms with Gasteiger partial charge in [-0.1, -0.05) is 25.1 Å². The van der Waals surface area contributed by atoms with Crippen LogP contribution in [0.2, 0.25) is 0 Å². The predicted octanol–water partition coefficient (Wildman–Crippen LogP) is 5.30. The molecule has 26 heavy (non-hydrogen) atoms. The van der Waals surface area contributed by atoms with Crippen molar-refractivity contribution in [1.82, 2.24) is 0 Å². The van der Waals surface area contributed by atoms with E-state index >= 15 is 0 Å². The number of rotatable bonds is 6. The van der Waals surface area contributed by atoms with Crippen molar-refractivity contribution in [2.75, 3.05) is 12.4 Å². The van der Waals surface area contributed by atoms with Gasteiger partial charge in [0.2, 0.25) is 0 Å². The number of carbonyl (C=O) groups excluding carboxylic acids is 1. The summed E-state index contributed by atoms with van der Waals surface area (Å²) in [4.78, 5) is 12.5. The minimum absolute atomic E-state index is 0.137. The number of nitrogens with one attached hydrogen (secondary N) is 1. The van der Waals surface area contributed by atoms with Crippen LogP contribution < -0.4 is 14.8 Å². The van der Waals surface area contributed by atoms with E-state index in [0.29, 0.717) is 17.1 Å². The monoisotopic (exact) mass is 347 g/mol. The Labute approximate surface area is 153 Å². The third kappa shape index (κ3) is 4.22. The fourth-order valence-electron chi connectivity index (χ4n) is 2.60. The molecule has 0 saturated heterocycles. The first-order chi connectivity index (χ1) is 12.7. The average molecular weight is 347 g/mol. The van der Waals surface area contributed by atoms with Crippen LogP contribution in [0.25, 0.3) is 0 Å². The van der Waals surface area contributed by atoms with Gasteiger partial charge in [-0.3, -0.25) is 4.79 Å². The van der Waals surface area contributed by atoms with Gasteiger partial charge in [0.05, 0.1) is 7.11 Å². The zero-order valence-electron chi connectivity index (χ0n) is 14.9. The van der Waals surface area contributed by atoms with Crippen LogP contribution in [0.1, 0.15) is 22.8 Å². The summed E-state index contributed by atoms with van der Waals surface area (Å²) in [5, 5.41) is 2.97. The van der Waals surface area contributed by atoms with Crippen molar-refractivity contribution in [3.63, 3.8) is 0 Å². The lowest BCUT2D eigenvalue weighted by Crippen LogP contribution is -2.13. The lowest BCUT2D eigenvalue weighted by atomic mass is 10.1. The maximum absolute atomic E-state index is 12.5. The highest BCUT2D eigenvalue weighted by molar-refractivity contribution is 6.04. The van der Waals surface area contributed by atoms with Gasteiger partial charge in [-0.15, -0.1) is 0 Å². The fourth-order valence-corrected chi connectivity index (χ4v) is 2.60. The molecule has 0 bridgehead atoms. The van der Waals surface area contributed by atoms with E-state index < -0.39 is 0 Å². The molecule has 0 unspecified atom stereocenters. The van der Waals surface area contributed by atoms with Crippen molar-refractivity contribution in [3.05, 3.63) is 83.9 Å². The minimum Gasteiger partial charge on any atom is -0.497 e. The quantitative estimate of drug-likeness (QED) is 0.658. The van der Waals surface area contributed by atoms with Gasteiger partial charge in [-0.25, -0.2) is 0 Å². The van der Waals surface area contributed by atoms with Crippen molar-refractivity contribution in [2.45, 2.75) is 13.3 Å². The SMILES string of the molecule is CCc1ccccc1NC(=O)c1ccc(Oc2ccc(OC)cc2)cc1. The van der Waals surface area contributed by atoms with Crippen LogP contribution >= 0.6 is 0 Å². The molecule has 0 saturated carbocycles. The molecule has 0 heterocycles. The fraction of sp³-hybridized carbons (Fsp3) is 0.136. The van der Waals surface area contributed by atoms with Gasteiger partial charge in [0, 0.05) is 11.3 Å². The van der Waals surface area contributed by atoms with Gasteiger partial charge in [0.1, 0.15) is 17.2 Å². The summed E-state index contributed by atoms with van der Waals surface area (Å²) < 4.78 is 10.9. The highest BCUT2D eigenvalue weighted by Crippen LogP contribution is 2.24. The summed E-state index contributed by atoms with van der Waals surface area (Å²) >= 11 is 0. The molecule has 3 aromatic carbocycles. The highest BCUT2D eigenvalue weighted by Gasteiger charge is 2.09. The summed E-state index contributed by atoms with van der Waals surface area (Å²) in [6, 6.07) is 22.2. The number of hydrogen-bond donors (Lipinski definition) is 1. The summed E-state index contributed by atoms with van der Waals surface area (Å²) in [6.45, 7) is 2.07. The number of amides is 1. The van der Waals surface area contributed by atoms with E-state index in [-0.39, 0.29) is 5.91 Å². The molecule has 0 radical (unpaired) electrons. The third-order valence-corrected chi connectivity index (χ3v) is 4.06. The number of aryl methyl sites for hydroxylation is 1. The Hall–Kier alpha value is -3.27. The molecular weight excluding hydrogens is 326 g/mol. The van der Waals surface area contributed by atoms with Gasteiger partial charge < -0.3 is 14.8 Å². The lowest BCUT2D eigenvalue weighted by molar-refractivity contribution is 0.102. The number of methoxy groups -OCH3 is 1. The Bertz CT molecular complexity index is 871. The van der Waals surface area contributed by atoms with Crippen LogP contribution in [0.4, 0.5) is 5.69 Å². The first kappa shape index (κ1) is 17.5. The van der Waals surface area contributed by atoms with Gasteiger partial charge in [0.25, 0.3) is 5.91 Å². The zero-order chi connectivity index (χ0) is 18.4. The number of hydrogen-bond acceptors (Lipinski definition) is 3. The minimum atomic E-state index is -0.137. The maximum atomic E-state index is 12.5. The summed E-state index contributed by atoms with van der Waals surface area (Å²) in [5.74, 6) is 2.01. The normalized spacial score (nSPS) is 10.2. The zero-order valence-corrected chi connectivity index (χ0v) is 14.9. The third-order valence-electron chi connectivity index (χ3n) is 4.06. The van der Waals surface area contributed by atoms with Crippen molar-refractivity contribution < 1.29 is 14.3 Å². The lowest BCUT2D eigenvalue weighted by Gasteiger charge is -2.10. The number of para-hydroxylation sites is 1. The number of anilines is 1. The molecule has 1 amide bonds. The number of ether oxygens (including phenoxy) is 2. The molecule has 0 spiro atoms. The Morgan fingerprint density at radius 2 is 1.42 bits per heavy atom. The Balaban J connectivity index is 1.67. The summed E-state index contributed by atoms with van der Waals surface area (Å²) in [7, 11) is 1.62. The molecule has 1 N–H and O–H groups in total. The van der Waals surface area contributed by atoms with Gasteiger partial charge in [0.15, 0.2) is 0 Å². The van der Waals surface area contributed by atoms with Gasteiger partial charge in [-0.05, 0) is 66.6 Å². The molecule has 4 heteroatoms. The first-order valence-corrected chi connectivity index (χ1v) is 8.51. The topological polar surface area (TPSA) is 47.6 Å². The second-order valence-corrected chi connectivity index (χ2v) is 5.77. The molecule has 3 aromatic rings. The van der Waals surface area contributed by atoms with E-state index in [4.69, 9.17) is 9.47 Å². The smallest absolute Gasteiger partial charge is 0.255 e. The van der Waals surface area contributed by atoms with Crippen molar-refractivity contribution in [1.29, 1.82) is 0 Å². The van der Waals surface area contributed by atoms with Crippen LogP contribution in [0.15, 0.2) is 72.8 Å². The van der Waals surface area contributed by atoms with E-state index in [2.05, 4.69) is 12.2 Å². The largest absolute Gasteiger partial charge is 0.497 e. The number of benzene rings is 3. The molecule has 3 rings (SSSR count). The van der Waals surface area contributed by atoms with Crippen LogP contribution in [-0.4, -0.2) is 13.0 Å². The summed E-state index contributed by atoms with van der Waals surface area (Å²) in [6.07, 6.45) is 0.866. The molecule has 0 aliphatic rings. The summed E-state index contributed by atoms with van der Waals surface area (Å²) in [5.41, 5.74) is 2.54. The van der Waals surface area contributed by atoms with Crippen LogP contribution in [0.3, 0.4) is 0 Å². The molecule has 0 atom stereocenters. The van der Waals surface area contributed by atoms with Crippen molar-refractivity contribution in [2.24, 2.45) is 0 Å². The van der Waals surface area contributed by atoms with Crippen LogP contribution in [-0.2, 0) is 6.42 Å². The Morgan fingerprint density at radius 3 is 2.04 bits per heavy atom. The number of carbonyl (C=O) groups is 1. The van der Waals surface area contributed by atoms with E-state index in [1.807, 2.05) is 48.5 Å². The molecule has 4 nitrogen and oxygen atoms in total. The molecule has 0 aromatic heterocycles. The first-order valence-electron chi connectivity index (χ1n) is 8.51. The van der Waals surface area contributed by atoms with E-state index in [0.717, 1.165) is 23.4 Å². The Kier molecular flexibility index (Phi) is 5.54. The highest BCUT2D eigenvalue weighted by atomic mass is 16.5.